The lowest BCUT2D eigenvalue weighted by Gasteiger charge is -2.22. The molecular weight excluding hydrogens is 252 g/mol. The first-order valence-electron chi connectivity index (χ1n) is 5.76. The molecule has 0 saturated carbocycles. The summed E-state index contributed by atoms with van der Waals surface area (Å²) in [7, 11) is 1.56. The van der Waals surface area contributed by atoms with Gasteiger partial charge < -0.3 is 15.7 Å². The normalized spacial score (nSPS) is 11.2. The van der Waals surface area contributed by atoms with Gasteiger partial charge in [-0.3, -0.25) is 4.79 Å². The van der Waals surface area contributed by atoms with Crippen molar-refractivity contribution in [1.82, 2.24) is 5.32 Å². The molecule has 18 heavy (non-hydrogen) atoms. The van der Waals surface area contributed by atoms with E-state index in [1.165, 1.54) is 0 Å². The molecule has 1 aromatic carbocycles. The van der Waals surface area contributed by atoms with E-state index in [9.17, 15) is 9.90 Å². The number of aliphatic hydroxyl groups excluding tert-OH is 1. The summed E-state index contributed by atoms with van der Waals surface area (Å²) in [5.41, 5.74) is 1.03. The largest absolute Gasteiger partial charge is 0.396 e. The first-order valence-corrected chi connectivity index (χ1v) is 6.14. The molecule has 0 atom stereocenters. The summed E-state index contributed by atoms with van der Waals surface area (Å²) in [5, 5.41) is 15.3. The van der Waals surface area contributed by atoms with Gasteiger partial charge in [0.25, 0.3) is 5.91 Å². The SMILES string of the molecule is CNC(=O)c1cc(NCC(C)(C)CO)ccc1Cl. The second-order valence-electron chi connectivity index (χ2n) is 4.95. The average molecular weight is 271 g/mol. The van der Waals surface area contributed by atoms with Crippen LogP contribution < -0.4 is 10.6 Å². The highest BCUT2D eigenvalue weighted by atomic mass is 35.5. The summed E-state index contributed by atoms with van der Waals surface area (Å²) in [6.45, 7) is 4.61. The van der Waals surface area contributed by atoms with Crippen molar-refractivity contribution in [3.8, 4) is 0 Å². The molecule has 0 aromatic heterocycles. The Bertz CT molecular complexity index is 433. The zero-order valence-corrected chi connectivity index (χ0v) is 11.6. The topological polar surface area (TPSA) is 61.4 Å². The number of carbonyl (C=O) groups excluding carboxylic acids is 1. The summed E-state index contributed by atoms with van der Waals surface area (Å²) in [6, 6.07) is 5.19. The smallest absolute Gasteiger partial charge is 0.252 e. The zero-order chi connectivity index (χ0) is 13.8. The minimum atomic E-state index is -0.218. The van der Waals surface area contributed by atoms with Crippen LogP contribution in [0.25, 0.3) is 0 Å². The Morgan fingerprint density at radius 1 is 1.44 bits per heavy atom. The highest BCUT2D eigenvalue weighted by Gasteiger charge is 2.16. The van der Waals surface area contributed by atoms with Gasteiger partial charge in [-0.15, -0.1) is 0 Å². The van der Waals surface area contributed by atoms with Crippen LogP contribution in [0, 0.1) is 5.41 Å². The Kier molecular flexibility index (Phi) is 4.99. The number of hydrogen-bond donors (Lipinski definition) is 3. The molecule has 0 saturated heterocycles. The van der Waals surface area contributed by atoms with E-state index in [1.807, 2.05) is 19.9 Å². The van der Waals surface area contributed by atoms with Gasteiger partial charge in [-0.25, -0.2) is 0 Å². The van der Waals surface area contributed by atoms with Crippen LogP contribution in [0.15, 0.2) is 18.2 Å². The van der Waals surface area contributed by atoms with E-state index < -0.39 is 0 Å². The third kappa shape index (κ3) is 3.89. The Morgan fingerprint density at radius 2 is 2.11 bits per heavy atom. The molecule has 1 aromatic rings. The monoisotopic (exact) mass is 270 g/mol. The minimum Gasteiger partial charge on any atom is -0.396 e. The van der Waals surface area contributed by atoms with Crippen molar-refractivity contribution in [3.63, 3.8) is 0 Å². The Hall–Kier alpha value is -1.26. The molecule has 100 valence electrons. The maximum absolute atomic E-state index is 11.6. The summed E-state index contributed by atoms with van der Waals surface area (Å²) >= 11 is 5.96. The number of halogens is 1. The molecule has 0 aliphatic carbocycles. The van der Waals surface area contributed by atoms with Crippen LogP contribution in [-0.2, 0) is 0 Å². The van der Waals surface area contributed by atoms with Crippen LogP contribution in [0.5, 0.6) is 0 Å². The lowest BCUT2D eigenvalue weighted by Crippen LogP contribution is -2.27. The Morgan fingerprint density at radius 3 is 2.67 bits per heavy atom. The van der Waals surface area contributed by atoms with Gasteiger partial charge in [0.2, 0.25) is 0 Å². The third-order valence-corrected chi connectivity index (χ3v) is 2.97. The van der Waals surface area contributed by atoms with Crippen LogP contribution in [0.3, 0.4) is 0 Å². The first-order chi connectivity index (χ1) is 8.39. The second kappa shape index (κ2) is 6.07. The fourth-order valence-corrected chi connectivity index (χ4v) is 1.54. The molecule has 0 radical (unpaired) electrons. The van der Waals surface area contributed by atoms with Crippen LogP contribution >= 0.6 is 11.6 Å². The zero-order valence-electron chi connectivity index (χ0n) is 10.9. The second-order valence-corrected chi connectivity index (χ2v) is 5.36. The van der Waals surface area contributed by atoms with Crippen LogP contribution in [0.4, 0.5) is 5.69 Å². The molecular formula is C13H19ClN2O2. The predicted molar refractivity (Wildman–Crippen MR) is 74.2 cm³/mol. The van der Waals surface area contributed by atoms with Crippen LogP contribution in [-0.4, -0.2) is 31.2 Å². The molecule has 0 fully saturated rings. The fraction of sp³-hybridized carbons (Fsp3) is 0.462. The maximum atomic E-state index is 11.6. The Labute approximate surface area is 112 Å². The molecule has 1 rings (SSSR count). The Balaban J connectivity index is 2.83. The predicted octanol–water partition coefficient (Wildman–Crippen LogP) is 2.13. The number of aliphatic hydroxyl groups is 1. The molecule has 5 heteroatoms. The average Bonchev–Trinajstić information content (AvgIpc) is 2.37. The number of amides is 1. The van der Waals surface area contributed by atoms with Crippen molar-refractivity contribution >= 4 is 23.2 Å². The van der Waals surface area contributed by atoms with Crippen LogP contribution in [0.2, 0.25) is 5.02 Å². The minimum absolute atomic E-state index is 0.0931. The third-order valence-electron chi connectivity index (χ3n) is 2.64. The quantitative estimate of drug-likeness (QED) is 0.768. The van der Waals surface area contributed by atoms with Crippen molar-refractivity contribution in [2.75, 3.05) is 25.5 Å². The molecule has 0 heterocycles. The first kappa shape index (κ1) is 14.8. The molecule has 3 N–H and O–H groups in total. The van der Waals surface area contributed by atoms with Gasteiger partial charge in [0.1, 0.15) is 0 Å². The highest BCUT2D eigenvalue weighted by molar-refractivity contribution is 6.34. The highest BCUT2D eigenvalue weighted by Crippen LogP contribution is 2.22. The molecule has 4 nitrogen and oxygen atoms in total. The number of nitrogens with one attached hydrogen (secondary N) is 2. The van der Waals surface area contributed by atoms with E-state index >= 15 is 0 Å². The van der Waals surface area contributed by atoms with Gasteiger partial charge in [-0.2, -0.15) is 0 Å². The summed E-state index contributed by atoms with van der Waals surface area (Å²) in [6.07, 6.45) is 0. The van der Waals surface area contributed by atoms with E-state index in [0.29, 0.717) is 17.1 Å². The van der Waals surface area contributed by atoms with E-state index in [0.717, 1.165) is 5.69 Å². The number of carbonyl (C=O) groups is 1. The molecule has 0 spiro atoms. The lowest BCUT2D eigenvalue weighted by atomic mass is 9.95. The van der Waals surface area contributed by atoms with E-state index in [2.05, 4.69) is 10.6 Å². The molecule has 0 aliphatic heterocycles. The van der Waals surface area contributed by atoms with Gasteiger partial charge in [-0.05, 0) is 18.2 Å². The van der Waals surface area contributed by atoms with Crippen LogP contribution in [0.1, 0.15) is 24.2 Å². The van der Waals surface area contributed by atoms with E-state index in [4.69, 9.17) is 11.6 Å². The van der Waals surface area contributed by atoms with Crippen molar-refractivity contribution < 1.29 is 9.90 Å². The molecule has 0 unspecified atom stereocenters. The number of anilines is 1. The number of benzene rings is 1. The molecule has 0 aliphatic rings. The van der Waals surface area contributed by atoms with Crippen molar-refractivity contribution in [1.29, 1.82) is 0 Å². The van der Waals surface area contributed by atoms with Gasteiger partial charge >= 0.3 is 0 Å². The number of rotatable bonds is 5. The lowest BCUT2D eigenvalue weighted by molar-refractivity contribution is 0.0963. The molecule has 0 bridgehead atoms. The fourth-order valence-electron chi connectivity index (χ4n) is 1.34. The standard InChI is InChI=1S/C13H19ClN2O2/c1-13(2,8-17)7-16-9-4-5-11(14)10(6-9)12(18)15-3/h4-6,16-17H,7-8H2,1-3H3,(H,15,18). The summed E-state index contributed by atoms with van der Waals surface area (Å²) < 4.78 is 0. The van der Waals surface area contributed by atoms with Gasteiger partial charge in [0.15, 0.2) is 0 Å². The molecule has 1 amide bonds. The van der Waals surface area contributed by atoms with E-state index in [1.54, 1.807) is 19.2 Å². The van der Waals surface area contributed by atoms with Gasteiger partial charge in [-0.1, -0.05) is 25.4 Å². The van der Waals surface area contributed by atoms with Gasteiger partial charge in [0, 0.05) is 31.3 Å². The van der Waals surface area contributed by atoms with E-state index in [-0.39, 0.29) is 17.9 Å². The number of hydrogen-bond acceptors (Lipinski definition) is 3. The summed E-state index contributed by atoms with van der Waals surface area (Å²) in [5.74, 6) is -0.218. The van der Waals surface area contributed by atoms with Gasteiger partial charge in [0.05, 0.1) is 10.6 Å². The summed E-state index contributed by atoms with van der Waals surface area (Å²) in [4.78, 5) is 11.6. The van der Waals surface area contributed by atoms with Crippen molar-refractivity contribution in [2.24, 2.45) is 5.41 Å². The van der Waals surface area contributed by atoms with Crippen molar-refractivity contribution in [2.45, 2.75) is 13.8 Å². The van der Waals surface area contributed by atoms with Crippen molar-refractivity contribution in [3.05, 3.63) is 28.8 Å². The maximum Gasteiger partial charge on any atom is 0.252 e.